The van der Waals surface area contributed by atoms with E-state index in [0.29, 0.717) is 29.0 Å². The number of aliphatic hydroxyl groups is 1. The maximum atomic E-state index is 13.5. The Morgan fingerprint density at radius 3 is 2.75 bits per heavy atom. The average Bonchev–Trinajstić information content (AvgIpc) is 3.07. The summed E-state index contributed by atoms with van der Waals surface area (Å²) in [5.74, 6) is -1.54. The zero-order valence-electron chi connectivity index (χ0n) is 13.4. The number of benzene rings is 1. The van der Waals surface area contributed by atoms with E-state index in [4.69, 9.17) is 4.52 Å². The number of aryl methyl sites for hydroxylation is 2. The minimum Gasteiger partial charge on any atom is -0.391 e. The van der Waals surface area contributed by atoms with E-state index < -0.39 is 23.8 Å². The van der Waals surface area contributed by atoms with Gasteiger partial charge in [0.15, 0.2) is 11.6 Å². The average molecular weight is 336 g/mol. The highest BCUT2D eigenvalue weighted by Crippen LogP contribution is 2.33. The summed E-state index contributed by atoms with van der Waals surface area (Å²) in [6.45, 7) is 3.64. The Hall–Kier alpha value is -2.28. The first-order chi connectivity index (χ1) is 11.4. The molecule has 0 bridgehead atoms. The molecule has 0 unspecified atom stereocenters. The van der Waals surface area contributed by atoms with Crippen molar-refractivity contribution in [3.05, 3.63) is 52.4 Å². The molecule has 3 rings (SSSR count). The number of nitrogens with zero attached hydrogens (tertiary/aromatic N) is 2. The summed E-state index contributed by atoms with van der Waals surface area (Å²) >= 11 is 0. The SMILES string of the molecule is Cc1noc(C)c1CC(=O)N1C[C@@H](O)C[C@@H]1c1ccc(F)c(F)c1. The van der Waals surface area contributed by atoms with Crippen molar-refractivity contribution in [2.24, 2.45) is 0 Å². The molecule has 0 aliphatic carbocycles. The highest BCUT2D eigenvalue weighted by molar-refractivity contribution is 5.80. The third-order valence-electron chi connectivity index (χ3n) is 4.44. The number of carbonyl (C=O) groups excluding carboxylic acids is 1. The topological polar surface area (TPSA) is 66.6 Å². The van der Waals surface area contributed by atoms with Crippen molar-refractivity contribution in [1.29, 1.82) is 0 Å². The third-order valence-corrected chi connectivity index (χ3v) is 4.44. The van der Waals surface area contributed by atoms with Crippen LogP contribution in [0.15, 0.2) is 22.7 Å². The Balaban J connectivity index is 1.84. The van der Waals surface area contributed by atoms with Crippen LogP contribution in [0.5, 0.6) is 0 Å². The molecule has 5 nitrogen and oxygen atoms in total. The Labute approximate surface area is 137 Å². The lowest BCUT2D eigenvalue weighted by Gasteiger charge is -2.25. The molecule has 1 aromatic heterocycles. The molecule has 1 aromatic carbocycles. The molecule has 1 N–H and O–H groups in total. The van der Waals surface area contributed by atoms with Crippen molar-refractivity contribution < 1.29 is 23.2 Å². The smallest absolute Gasteiger partial charge is 0.227 e. The van der Waals surface area contributed by atoms with Gasteiger partial charge in [-0.3, -0.25) is 4.79 Å². The molecule has 2 aromatic rings. The maximum absolute atomic E-state index is 13.5. The van der Waals surface area contributed by atoms with Gasteiger partial charge in [0.05, 0.1) is 24.3 Å². The predicted octanol–water partition coefficient (Wildman–Crippen LogP) is 2.45. The summed E-state index contributed by atoms with van der Waals surface area (Å²) in [7, 11) is 0. The molecular formula is C17H18F2N2O3. The van der Waals surface area contributed by atoms with Gasteiger partial charge in [-0.25, -0.2) is 8.78 Å². The lowest BCUT2D eigenvalue weighted by Crippen LogP contribution is -2.33. The van der Waals surface area contributed by atoms with Crippen LogP contribution in [0.2, 0.25) is 0 Å². The summed E-state index contributed by atoms with van der Waals surface area (Å²) < 4.78 is 31.7. The van der Waals surface area contributed by atoms with E-state index in [-0.39, 0.29) is 18.9 Å². The number of hydrogen-bond acceptors (Lipinski definition) is 4. The molecule has 1 aliphatic heterocycles. The first kappa shape index (κ1) is 16.6. The van der Waals surface area contributed by atoms with Crippen LogP contribution in [-0.4, -0.2) is 33.7 Å². The summed E-state index contributed by atoms with van der Waals surface area (Å²) in [6, 6.07) is 3.07. The monoisotopic (exact) mass is 336 g/mol. The maximum Gasteiger partial charge on any atom is 0.227 e. The molecule has 2 heterocycles. The van der Waals surface area contributed by atoms with Gasteiger partial charge in [0, 0.05) is 12.1 Å². The first-order valence-corrected chi connectivity index (χ1v) is 7.71. The predicted molar refractivity (Wildman–Crippen MR) is 81.1 cm³/mol. The fraction of sp³-hybridized carbons (Fsp3) is 0.412. The molecule has 7 heteroatoms. The second-order valence-electron chi connectivity index (χ2n) is 6.10. The summed E-state index contributed by atoms with van der Waals surface area (Å²) in [4.78, 5) is 14.2. The quantitative estimate of drug-likeness (QED) is 0.935. The molecule has 24 heavy (non-hydrogen) atoms. The fourth-order valence-corrected chi connectivity index (χ4v) is 3.13. The largest absolute Gasteiger partial charge is 0.391 e. The zero-order valence-corrected chi connectivity index (χ0v) is 13.4. The van der Waals surface area contributed by atoms with Gasteiger partial charge in [-0.15, -0.1) is 0 Å². The number of β-amino-alcohol motifs (C(OH)–C–C–N with tert-alkyl or cyclic N) is 1. The van der Waals surface area contributed by atoms with Gasteiger partial charge >= 0.3 is 0 Å². The van der Waals surface area contributed by atoms with Crippen molar-refractivity contribution >= 4 is 5.91 Å². The van der Waals surface area contributed by atoms with Gasteiger partial charge in [0.1, 0.15) is 5.76 Å². The van der Waals surface area contributed by atoms with Crippen molar-refractivity contribution in [3.8, 4) is 0 Å². The van der Waals surface area contributed by atoms with Gasteiger partial charge in [-0.2, -0.15) is 0 Å². The Morgan fingerprint density at radius 2 is 2.12 bits per heavy atom. The van der Waals surface area contributed by atoms with Crippen LogP contribution >= 0.6 is 0 Å². The van der Waals surface area contributed by atoms with E-state index in [1.165, 1.54) is 11.0 Å². The van der Waals surface area contributed by atoms with Gasteiger partial charge < -0.3 is 14.5 Å². The molecule has 1 amide bonds. The van der Waals surface area contributed by atoms with E-state index >= 15 is 0 Å². The van der Waals surface area contributed by atoms with Gasteiger partial charge in [-0.1, -0.05) is 11.2 Å². The number of hydrogen-bond donors (Lipinski definition) is 1. The third kappa shape index (κ3) is 3.03. The van der Waals surface area contributed by atoms with Crippen molar-refractivity contribution in [2.75, 3.05) is 6.54 Å². The van der Waals surface area contributed by atoms with E-state index in [9.17, 15) is 18.7 Å². The number of rotatable bonds is 3. The van der Waals surface area contributed by atoms with Crippen LogP contribution in [0.3, 0.4) is 0 Å². The lowest BCUT2D eigenvalue weighted by atomic mass is 10.0. The van der Waals surface area contributed by atoms with E-state index in [1.54, 1.807) is 13.8 Å². The Bertz CT molecular complexity index is 756. The van der Waals surface area contributed by atoms with Crippen LogP contribution in [-0.2, 0) is 11.2 Å². The number of likely N-dealkylation sites (tertiary alicyclic amines) is 1. The molecule has 1 fully saturated rings. The molecule has 1 aliphatic rings. The lowest BCUT2D eigenvalue weighted by molar-refractivity contribution is -0.131. The molecule has 0 saturated carbocycles. The molecule has 2 atom stereocenters. The highest BCUT2D eigenvalue weighted by atomic mass is 19.2. The first-order valence-electron chi connectivity index (χ1n) is 7.71. The minimum absolute atomic E-state index is 0.0913. The summed E-state index contributed by atoms with van der Waals surface area (Å²) in [5, 5.41) is 13.8. The summed E-state index contributed by atoms with van der Waals surface area (Å²) in [5.41, 5.74) is 1.83. The van der Waals surface area contributed by atoms with Crippen molar-refractivity contribution in [3.63, 3.8) is 0 Å². The number of aromatic nitrogens is 1. The zero-order chi connectivity index (χ0) is 17.4. The van der Waals surface area contributed by atoms with Gasteiger partial charge in [0.25, 0.3) is 0 Å². The second kappa shape index (κ2) is 6.32. The van der Waals surface area contributed by atoms with Crippen LogP contribution < -0.4 is 0 Å². The number of carbonyl (C=O) groups is 1. The number of aliphatic hydroxyl groups excluding tert-OH is 1. The number of amides is 1. The van der Waals surface area contributed by atoms with Crippen molar-refractivity contribution in [2.45, 2.75) is 38.8 Å². The van der Waals surface area contributed by atoms with Crippen LogP contribution in [0, 0.1) is 25.5 Å². The van der Waals surface area contributed by atoms with E-state index in [2.05, 4.69) is 5.16 Å². The minimum atomic E-state index is -0.966. The second-order valence-corrected chi connectivity index (χ2v) is 6.10. The molecule has 1 saturated heterocycles. The molecule has 128 valence electrons. The molecule has 0 spiro atoms. The Morgan fingerprint density at radius 1 is 1.38 bits per heavy atom. The standard InChI is InChI=1S/C17H18F2N2O3/c1-9-13(10(2)24-20-9)7-17(23)21-8-12(22)6-16(21)11-3-4-14(18)15(19)5-11/h3-5,12,16,22H,6-8H2,1-2H3/t12-,16+/m0/s1. The highest BCUT2D eigenvalue weighted by Gasteiger charge is 2.36. The Kier molecular flexibility index (Phi) is 4.36. The van der Waals surface area contributed by atoms with Crippen LogP contribution in [0.25, 0.3) is 0 Å². The normalized spacial score (nSPS) is 20.6. The van der Waals surface area contributed by atoms with E-state index in [1.807, 2.05) is 0 Å². The molecule has 0 radical (unpaired) electrons. The molecular weight excluding hydrogens is 318 g/mol. The van der Waals surface area contributed by atoms with Crippen LogP contribution in [0.1, 0.15) is 35.0 Å². The number of halogens is 2. The summed E-state index contributed by atoms with van der Waals surface area (Å²) in [6.07, 6.45) is -0.316. The van der Waals surface area contributed by atoms with Gasteiger partial charge in [-0.05, 0) is 38.0 Å². The van der Waals surface area contributed by atoms with Gasteiger partial charge in [0.2, 0.25) is 5.91 Å². The van der Waals surface area contributed by atoms with Crippen molar-refractivity contribution in [1.82, 2.24) is 10.1 Å². The fourth-order valence-electron chi connectivity index (χ4n) is 3.13. The van der Waals surface area contributed by atoms with Crippen LogP contribution in [0.4, 0.5) is 8.78 Å². The van der Waals surface area contributed by atoms with E-state index in [0.717, 1.165) is 12.1 Å².